The molecule has 0 spiro atoms. The van der Waals surface area contributed by atoms with Gasteiger partial charge in [-0.25, -0.2) is 4.39 Å². The molecule has 0 bridgehead atoms. The number of halogens is 1. The summed E-state index contributed by atoms with van der Waals surface area (Å²) >= 11 is 0. The first-order valence-corrected chi connectivity index (χ1v) is 7.26. The molecule has 3 aromatic rings. The number of benzene rings is 2. The van der Waals surface area contributed by atoms with Crippen LogP contribution < -0.4 is 4.74 Å². The van der Waals surface area contributed by atoms with Crippen LogP contribution in [0.15, 0.2) is 48.5 Å². The summed E-state index contributed by atoms with van der Waals surface area (Å²) in [6.45, 7) is 4.47. The van der Waals surface area contributed by atoms with E-state index < -0.39 is 0 Å². The molecule has 0 unspecified atom stereocenters. The van der Waals surface area contributed by atoms with Crippen molar-refractivity contribution in [2.24, 2.45) is 0 Å². The molecule has 1 N–H and O–H groups in total. The van der Waals surface area contributed by atoms with Gasteiger partial charge in [-0.2, -0.15) is 0 Å². The standard InChI is InChI=1S/C18H18FNO2/c1-12(2)20-13(10-16-17(19)4-3-5-18(16)20)11-22-15-8-6-14(21)7-9-15/h3-10,12,21H,11H2,1-2H3. The van der Waals surface area contributed by atoms with Crippen molar-refractivity contribution < 1.29 is 14.2 Å². The number of hydrogen-bond acceptors (Lipinski definition) is 2. The zero-order chi connectivity index (χ0) is 15.7. The Morgan fingerprint density at radius 3 is 2.55 bits per heavy atom. The summed E-state index contributed by atoms with van der Waals surface area (Å²) < 4.78 is 21.8. The SMILES string of the molecule is CC(C)n1c(COc2ccc(O)cc2)cc2c(F)cccc21. The van der Waals surface area contributed by atoms with Crippen LogP contribution in [0.5, 0.6) is 11.5 Å². The molecule has 1 heterocycles. The van der Waals surface area contributed by atoms with E-state index in [4.69, 9.17) is 4.74 Å². The van der Waals surface area contributed by atoms with Crippen molar-refractivity contribution >= 4 is 10.9 Å². The third kappa shape index (κ3) is 2.64. The molecule has 0 saturated heterocycles. The van der Waals surface area contributed by atoms with Crippen LogP contribution in [-0.4, -0.2) is 9.67 Å². The highest BCUT2D eigenvalue weighted by Gasteiger charge is 2.14. The van der Waals surface area contributed by atoms with E-state index in [-0.39, 0.29) is 17.6 Å². The van der Waals surface area contributed by atoms with Gasteiger partial charge in [0, 0.05) is 11.4 Å². The largest absolute Gasteiger partial charge is 0.508 e. The highest BCUT2D eigenvalue weighted by atomic mass is 19.1. The van der Waals surface area contributed by atoms with Crippen LogP contribution in [0, 0.1) is 5.82 Å². The maximum absolute atomic E-state index is 14.0. The predicted octanol–water partition coefficient (Wildman–Crippen LogP) is 4.65. The Labute approximate surface area is 128 Å². The number of rotatable bonds is 4. The topological polar surface area (TPSA) is 34.4 Å². The zero-order valence-electron chi connectivity index (χ0n) is 12.6. The lowest BCUT2D eigenvalue weighted by molar-refractivity contribution is 0.292. The predicted molar refractivity (Wildman–Crippen MR) is 84.7 cm³/mol. The number of aromatic hydroxyl groups is 1. The molecule has 3 nitrogen and oxygen atoms in total. The van der Waals surface area contributed by atoms with E-state index in [0.29, 0.717) is 17.7 Å². The molecule has 3 rings (SSSR count). The van der Waals surface area contributed by atoms with Gasteiger partial charge in [0.1, 0.15) is 23.9 Å². The normalized spacial score (nSPS) is 11.3. The summed E-state index contributed by atoms with van der Waals surface area (Å²) in [6.07, 6.45) is 0. The van der Waals surface area contributed by atoms with Crippen molar-refractivity contribution in [1.82, 2.24) is 4.57 Å². The number of phenols is 1. The number of nitrogens with zero attached hydrogens (tertiary/aromatic N) is 1. The monoisotopic (exact) mass is 299 g/mol. The fourth-order valence-electron chi connectivity index (χ4n) is 2.69. The maximum atomic E-state index is 14.0. The fraction of sp³-hybridized carbons (Fsp3) is 0.222. The molecule has 22 heavy (non-hydrogen) atoms. The molecule has 0 aliphatic heterocycles. The molecule has 0 aliphatic rings. The van der Waals surface area contributed by atoms with Crippen LogP contribution in [0.1, 0.15) is 25.6 Å². The Morgan fingerprint density at radius 2 is 1.86 bits per heavy atom. The van der Waals surface area contributed by atoms with Crippen LogP contribution in [0.4, 0.5) is 4.39 Å². The van der Waals surface area contributed by atoms with Crippen molar-refractivity contribution in [3.05, 3.63) is 60.0 Å². The second-order valence-electron chi connectivity index (χ2n) is 5.55. The van der Waals surface area contributed by atoms with Crippen molar-refractivity contribution in [1.29, 1.82) is 0 Å². The molecular formula is C18H18FNO2. The van der Waals surface area contributed by atoms with Crippen molar-refractivity contribution in [2.45, 2.75) is 26.5 Å². The summed E-state index contributed by atoms with van der Waals surface area (Å²) in [7, 11) is 0. The van der Waals surface area contributed by atoms with Gasteiger partial charge >= 0.3 is 0 Å². The molecule has 2 aromatic carbocycles. The van der Waals surface area contributed by atoms with Crippen LogP contribution in [-0.2, 0) is 6.61 Å². The van der Waals surface area contributed by atoms with Crippen LogP contribution in [0.2, 0.25) is 0 Å². The van der Waals surface area contributed by atoms with E-state index in [1.165, 1.54) is 6.07 Å². The molecule has 1 aromatic heterocycles. The van der Waals surface area contributed by atoms with Gasteiger partial charge in [0.05, 0.1) is 11.2 Å². The maximum Gasteiger partial charge on any atom is 0.132 e. The average Bonchev–Trinajstić information content (AvgIpc) is 2.87. The molecule has 0 aliphatic carbocycles. The first-order chi connectivity index (χ1) is 10.6. The number of hydrogen-bond donors (Lipinski definition) is 1. The van der Waals surface area contributed by atoms with Crippen molar-refractivity contribution in [2.75, 3.05) is 0 Å². The van der Waals surface area contributed by atoms with Crippen LogP contribution >= 0.6 is 0 Å². The minimum absolute atomic E-state index is 0.200. The van der Waals surface area contributed by atoms with Gasteiger partial charge in [-0.1, -0.05) is 6.07 Å². The highest BCUT2D eigenvalue weighted by Crippen LogP contribution is 2.27. The quantitative estimate of drug-likeness (QED) is 0.761. The van der Waals surface area contributed by atoms with Gasteiger partial charge in [0.25, 0.3) is 0 Å². The van der Waals surface area contributed by atoms with E-state index in [2.05, 4.69) is 18.4 Å². The van der Waals surface area contributed by atoms with Gasteiger partial charge in [0.2, 0.25) is 0 Å². The minimum atomic E-state index is -0.220. The Bertz CT molecular complexity index is 791. The van der Waals surface area contributed by atoms with Gasteiger partial charge < -0.3 is 14.4 Å². The first-order valence-electron chi connectivity index (χ1n) is 7.26. The highest BCUT2D eigenvalue weighted by molar-refractivity contribution is 5.82. The number of aromatic nitrogens is 1. The number of fused-ring (bicyclic) bond motifs is 1. The van der Waals surface area contributed by atoms with E-state index in [1.807, 2.05) is 12.1 Å². The smallest absolute Gasteiger partial charge is 0.132 e. The Morgan fingerprint density at radius 1 is 1.14 bits per heavy atom. The van der Waals surface area contributed by atoms with Crippen LogP contribution in [0.3, 0.4) is 0 Å². The Kier molecular flexibility index (Phi) is 3.75. The van der Waals surface area contributed by atoms with Crippen molar-refractivity contribution in [3.63, 3.8) is 0 Å². The van der Waals surface area contributed by atoms with Gasteiger partial charge in [0.15, 0.2) is 0 Å². The fourth-order valence-corrected chi connectivity index (χ4v) is 2.69. The zero-order valence-corrected chi connectivity index (χ0v) is 12.6. The molecule has 114 valence electrons. The van der Waals surface area contributed by atoms with E-state index in [9.17, 15) is 9.50 Å². The first kappa shape index (κ1) is 14.4. The molecular weight excluding hydrogens is 281 g/mol. The average molecular weight is 299 g/mol. The number of ether oxygens (including phenoxy) is 1. The molecule has 0 atom stereocenters. The second kappa shape index (κ2) is 5.72. The van der Waals surface area contributed by atoms with Gasteiger partial charge in [-0.15, -0.1) is 0 Å². The van der Waals surface area contributed by atoms with Crippen LogP contribution in [0.25, 0.3) is 10.9 Å². The summed E-state index contributed by atoms with van der Waals surface area (Å²) in [6, 6.07) is 13.7. The molecule has 0 fully saturated rings. The summed E-state index contributed by atoms with van der Waals surface area (Å²) in [5.41, 5.74) is 1.79. The lowest BCUT2D eigenvalue weighted by atomic mass is 10.2. The second-order valence-corrected chi connectivity index (χ2v) is 5.55. The Balaban J connectivity index is 1.94. The minimum Gasteiger partial charge on any atom is -0.508 e. The van der Waals surface area contributed by atoms with E-state index >= 15 is 0 Å². The Hall–Kier alpha value is -2.49. The lowest BCUT2D eigenvalue weighted by Crippen LogP contribution is -2.08. The van der Waals surface area contributed by atoms with Crippen molar-refractivity contribution in [3.8, 4) is 11.5 Å². The summed E-state index contributed by atoms with van der Waals surface area (Å²) in [4.78, 5) is 0. The third-order valence-corrected chi connectivity index (χ3v) is 3.65. The van der Waals surface area contributed by atoms with E-state index in [1.54, 1.807) is 30.3 Å². The third-order valence-electron chi connectivity index (χ3n) is 3.65. The van der Waals surface area contributed by atoms with E-state index in [0.717, 1.165) is 11.2 Å². The molecule has 0 amide bonds. The summed E-state index contributed by atoms with van der Waals surface area (Å²) in [5.74, 6) is 0.646. The van der Waals surface area contributed by atoms with Gasteiger partial charge in [-0.05, 0) is 56.3 Å². The van der Waals surface area contributed by atoms with Gasteiger partial charge in [-0.3, -0.25) is 0 Å². The lowest BCUT2D eigenvalue weighted by Gasteiger charge is -2.15. The molecule has 0 radical (unpaired) electrons. The summed E-state index contributed by atoms with van der Waals surface area (Å²) in [5, 5.41) is 9.89. The molecule has 0 saturated carbocycles. The number of phenolic OH excluding ortho intramolecular Hbond substituents is 1. The molecule has 4 heteroatoms.